The number of aliphatic hydroxyl groups is 1. The number of halogens is 2. The number of amides is 1. The molecule has 0 spiro atoms. The van der Waals surface area contributed by atoms with Gasteiger partial charge in [0.15, 0.2) is 0 Å². The van der Waals surface area contributed by atoms with E-state index in [1.54, 1.807) is 17.0 Å². The van der Waals surface area contributed by atoms with E-state index in [4.69, 9.17) is 28.3 Å². The molecule has 5 heteroatoms. The van der Waals surface area contributed by atoms with Gasteiger partial charge in [0, 0.05) is 19.0 Å². The van der Waals surface area contributed by atoms with Gasteiger partial charge in [0.05, 0.1) is 16.7 Å². The molecular weight excluding hydrogens is 285 g/mol. The van der Waals surface area contributed by atoms with Gasteiger partial charge in [0.25, 0.3) is 0 Å². The van der Waals surface area contributed by atoms with Crippen molar-refractivity contribution in [2.45, 2.75) is 25.8 Å². The Kier molecular flexibility index (Phi) is 5.08. The van der Waals surface area contributed by atoms with Crippen LogP contribution in [0.3, 0.4) is 0 Å². The highest BCUT2D eigenvalue weighted by Crippen LogP contribution is 2.29. The van der Waals surface area contributed by atoms with Crippen LogP contribution in [0.4, 0.5) is 0 Å². The molecule has 3 nitrogen and oxygen atoms in total. The Morgan fingerprint density at radius 3 is 2.58 bits per heavy atom. The molecule has 1 aliphatic carbocycles. The first-order valence-corrected chi connectivity index (χ1v) is 7.21. The highest BCUT2D eigenvalue weighted by atomic mass is 35.5. The van der Waals surface area contributed by atoms with E-state index in [1.165, 1.54) is 0 Å². The number of rotatable bonds is 5. The summed E-state index contributed by atoms with van der Waals surface area (Å²) in [6.45, 7) is 0.794. The fourth-order valence-electron chi connectivity index (χ4n) is 2.16. The SMILES string of the molecule is O=C(C1CCC1)N(CCO)Cc1ccc(Cl)c(Cl)c1. The van der Waals surface area contributed by atoms with Gasteiger partial charge in [-0.25, -0.2) is 0 Å². The summed E-state index contributed by atoms with van der Waals surface area (Å²) < 4.78 is 0. The normalized spacial score (nSPS) is 15.1. The molecule has 0 atom stereocenters. The molecule has 1 saturated carbocycles. The van der Waals surface area contributed by atoms with Crippen molar-refractivity contribution in [1.29, 1.82) is 0 Å². The molecule has 0 heterocycles. The summed E-state index contributed by atoms with van der Waals surface area (Å²) in [5.74, 6) is 0.265. The maximum atomic E-state index is 12.2. The van der Waals surface area contributed by atoms with Crippen molar-refractivity contribution in [3.63, 3.8) is 0 Å². The van der Waals surface area contributed by atoms with Crippen LogP contribution in [0.5, 0.6) is 0 Å². The van der Waals surface area contributed by atoms with E-state index in [1.807, 2.05) is 6.07 Å². The summed E-state index contributed by atoms with van der Waals surface area (Å²) in [5.41, 5.74) is 0.926. The minimum atomic E-state index is -0.0280. The molecule has 19 heavy (non-hydrogen) atoms. The summed E-state index contributed by atoms with van der Waals surface area (Å²) in [4.78, 5) is 13.9. The highest BCUT2D eigenvalue weighted by Gasteiger charge is 2.29. The van der Waals surface area contributed by atoms with E-state index >= 15 is 0 Å². The van der Waals surface area contributed by atoms with E-state index < -0.39 is 0 Å². The van der Waals surface area contributed by atoms with E-state index in [0.29, 0.717) is 23.1 Å². The largest absolute Gasteiger partial charge is 0.395 e. The zero-order valence-corrected chi connectivity index (χ0v) is 12.1. The first-order chi connectivity index (χ1) is 9.11. The molecule has 2 rings (SSSR count). The maximum Gasteiger partial charge on any atom is 0.226 e. The van der Waals surface area contributed by atoms with E-state index in [-0.39, 0.29) is 18.4 Å². The van der Waals surface area contributed by atoms with Gasteiger partial charge in [0.2, 0.25) is 5.91 Å². The monoisotopic (exact) mass is 301 g/mol. The van der Waals surface area contributed by atoms with Gasteiger partial charge in [-0.1, -0.05) is 35.7 Å². The predicted octanol–water partition coefficient (Wildman–Crippen LogP) is 3.11. The topological polar surface area (TPSA) is 40.5 Å². The second kappa shape index (κ2) is 6.60. The van der Waals surface area contributed by atoms with Crippen molar-refractivity contribution in [2.24, 2.45) is 5.92 Å². The Morgan fingerprint density at radius 2 is 2.05 bits per heavy atom. The third-order valence-corrected chi connectivity index (χ3v) is 4.23. The van der Waals surface area contributed by atoms with Gasteiger partial charge in [0.1, 0.15) is 0 Å². The number of carbonyl (C=O) groups excluding carboxylic acids is 1. The summed E-state index contributed by atoms with van der Waals surface area (Å²) in [7, 11) is 0. The molecule has 1 amide bonds. The van der Waals surface area contributed by atoms with Gasteiger partial charge in [-0.2, -0.15) is 0 Å². The molecule has 0 saturated heterocycles. The average Bonchev–Trinajstić information content (AvgIpc) is 2.31. The number of hydrogen-bond acceptors (Lipinski definition) is 2. The third kappa shape index (κ3) is 3.62. The van der Waals surface area contributed by atoms with Gasteiger partial charge in [-0.15, -0.1) is 0 Å². The molecule has 0 bridgehead atoms. The Balaban J connectivity index is 2.06. The molecule has 1 aromatic rings. The van der Waals surface area contributed by atoms with Crippen molar-refractivity contribution in [1.82, 2.24) is 4.90 Å². The molecule has 0 aliphatic heterocycles. The summed E-state index contributed by atoms with van der Waals surface area (Å²) in [6.07, 6.45) is 3.04. The standard InChI is InChI=1S/C14H17Cl2NO2/c15-12-5-4-10(8-13(12)16)9-17(6-7-18)14(19)11-2-1-3-11/h4-5,8,11,18H,1-3,6-7,9H2. The van der Waals surface area contributed by atoms with Crippen molar-refractivity contribution in [3.8, 4) is 0 Å². The zero-order valence-electron chi connectivity index (χ0n) is 10.6. The fourth-order valence-corrected chi connectivity index (χ4v) is 2.48. The molecule has 0 unspecified atom stereocenters. The number of carbonyl (C=O) groups is 1. The zero-order chi connectivity index (χ0) is 13.8. The molecule has 1 aromatic carbocycles. The van der Waals surface area contributed by atoms with Gasteiger partial charge in [-0.3, -0.25) is 4.79 Å². The van der Waals surface area contributed by atoms with E-state index in [2.05, 4.69) is 0 Å². The Labute approximate surface area is 123 Å². The lowest BCUT2D eigenvalue weighted by Gasteiger charge is -2.31. The average molecular weight is 302 g/mol. The lowest BCUT2D eigenvalue weighted by atomic mass is 9.84. The summed E-state index contributed by atoms with van der Waals surface area (Å²) >= 11 is 11.8. The predicted molar refractivity (Wildman–Crippen MR) is 76.3 cm³/mol. The first-order valence-electron chi connectivity index (χ1n) is 6.45. The summed E-state index contributed by atoms with van der Waals surface area (Å²) in [5, 5.41) is 10.1. The second-order valence-electron chi connectivity index (χ2n) is 4.86. The Bertz CT molecular complexity index is 461. The number of hydrogen-bond donors (Lipinski definition) is 1. The molecule has 1 aliphatic rings. The quantitative estimate of drug-likeness (QED) is 0.908. The highest BCUT2D eigenvalue weighted by molar-refractivity contribution is 6.42. The number of nitrogens with zero attached hydrogens (tertiary/aromatic N) is 1. The van der Waals surface area contributed by atoms with Gasteiger partial charge >= 0.3 is 0 Å². The van der Waals surface area contributed by atoms with Crippen LogP contribution in [0.15, 0.2) is 18.2 Å². The molecular formula is C14H17Cl2NO2. The van der Waals surface area contributed by atoms with E-state index in [9.17, 15) is 4.79 Å². The van der Waals surface area contributed by atoms with Crippen LogP contribution < -0.4 is 0 Å². The molecule has 0 aromatic heterocycles. The van der Waals surface area contributed by atoms with Gasteiger partial charge < -0.3 is 10.0 Å². The van der Waals surface area contributed by atoms with Crippen LogP contribution in [0, 0.1) is 5.92 Å². The second-order valence-corrected chi connectivity index (χ2v) is 5.67. The maximum absolute atomic E-state index is 12.2. The van der Waals surface area contributed by atoms with Crippen LogP contribution in [0.2, 0.25) is 10.0 Å². The molecule has 0 radical (unpaired) electrons. The lowest BCUT2D eigenvalue weighted by Crippen LogP contribution is -2.40. The molecule has 104 valence electrons. The van der Waals surface area contributed by atoms with Crippen molar-refractivity contribution in [3.05, 3.63) is 33.8 Å². The minimum Gasteiger partial charge on any atom is -0.395 e. The third-order valence-electron chi connectivity index (χ3n) is 3.49. The van der Waals surface area contributed by atoms with Crippen LogP contribution in [-0.2, 0) is 11.3 Å². The van der Waals surface area contributed by atoms with Crippen LogP contribution >= 0.6 is 23.2 Å². The van der Waals surface area contributed by atoms with Crippen molar-refractivity contribution in [2.75, 3.05) is 13.2 Å². The number of aliphatic hydroxyl groups excluding tert-OH is 1. The Hall–Kier alpha value is -0.770. The van der Waals surface area contributed by atoms with Crippen LogP contribution in [-0.4, -0.2) is 29.1 Å². The van der Waals surface area contributed by atoms with Crippen molar-refractivity contribution >= 4 is 29.1 Å². The van der Waals surface area contributed by atoms with Crippen LogP contribution in [0.25, 0.3) is 0 Å². The van der Waals surface area contributed by atoms with Gasteiger partial charge in [-0.05, 0) is 30.5 Å². The molecule has 1 N–H and O–H groups in total. The molecule has 1 fully saturated rings. The van der Waals surface area contributed by atoms with Crippen molar-refractivity contribution < 1.29 is 9.90 Å². The first kappa shape index (κ1) is 14.6. The minimum absolute atomic E-state index is 0.0280. The summed E-state index contributed by atoms with van der Waals surface area (Å²) in [6, 6.07) is 5.35. The fraction of sp³-hybridized carbons (Fsp3) is 0.500. The van der Waals surface area contributed by atoms with E-state index in [0.717, 1.165) is 24.8 Å². The Morgan fingerprint density at radius 1 is 1.32 bits per heavy atom. The van der Waals surface area contributed by atoms with Crippen LogP contribution in [0.1, 0.15) is 24.8 Å². The smallest absolute Gasteiger partial charge is 0.226 e. The lowest BCUT2D eigenvalue weighted by molar-refractivity contribution is -0.139. The number of benzene rings is 1.